The van der Waals surface area contributed by atoms with Crippen molar-refractivity contribution in [2.45, 2.75) is 208 Å². The van der Waals surface area contributed by atoms with E-state index in [4.69, 9.17) is 3.07 Å². The predicted molar refractivity (Wildman–Crippen MR) is 169 cm³/mol. The molecule has 0 unspecified atom stereocenters. The summed E-state index contributed by atoms with van der Waals surface area (Å²) in [4.78, 5) is 13.1. The second-order valence-electron chi connectivity index (χ2n) is 12.1. The van der Waals surface area contributed by atoms with Crippen molar-refractivity contribution >= 4 is 24.8 Å². The average molecular weight is 630 g/mol. The summed E-state index contributed by atoms with van der Waals surface area (Å²) in [5, 5.41) is 0. The molecule has 0 radical (unpaired) electrons. The van der Waals surface area contributed by atoms with Crippen LogP contribution >= 0.6 is 0 Å². The minimum absolute atomic E-state index is 0.187. The van der Waals surface area contributed by atoms with Gasteiger partial charge in [-0.25, -0.2) is 0 Å². The molecule has 0 aromatic rings. The third-order valence-corrected chi connectivity index (χ3v) is 21.0. The van der Waals surface area contributed by atoms with Crippen LogP contribution in [0.2, 0.25) is 13.3 Å². The quantitative estimate of drug-likeness (QED) is 0.0584. The Morgan fingerprint density at radius 2 is 0.676 bits per heavy atom. The molecule has 2 nitrogen and oxygen atoms in total. The van der Waals surface area contributed by atoms with Crippen molar-refractivity contribution in [2.75, 3.05) is 0 Å². The standard InChI is InChI=1S/C10H20O2.3C8H17.Sn/c1-2-3-4-5-6-7-8-9-10(11)12;3*1-3-5-7-8-6-4-2;/h2-9H2,1H3,(H,11,12);3*1,3-8H2,2H3;/q;;;;+1/p-1. The van der Waals surface area contributed by atoms with Gasteiger partial charge in [-0.2, -0.15) is 0 Å². The number of hydrogen-bond acceptors (Lipinski definition) is 2. The second-order valence-corrected chi connectivity index (χ2v) is 23.7. The van der Waals surface area contributed by atoms with Crippen LogP contribution in [0.5, 0.6) is 0 Å². The van der Waals surface area contributed by atoms with E-state index in [1.807, 2.05) is 0 Å². The van der Waals surface area contributed by atoms with Crippen LogP contribution in [-0.4, -0.2) is 24.8 Å². The van der Waals surface area contributed by atoms with Gasteiger partial charge in [0, 0.05) is 0 Å². The van der Waals surface area contributed by atoms with Gasteiger partial charge in [-0.3, -0.25) is 0 Å². The average Bonchev–Trinajstić information content (AvgIpc) is 2.89. The van der Waals surface area contributed by atoms with Crippen molar-refractivity contribution in [1.82, 2.24) is 0 Å². The zero-order chi connectivity index (χ0) is 27.3. The SMILES string of the molecule is CCCCCCCCCC(=O)[O][Sn]([CH2]CCCCCCC)([CH2]CCCCCCC)[CH2]CCCCCCC. The Balaban J connectivity index is 4.93. The van der Waals surface area contributed by atoms with Crippen LogP contribution in [-0.2, 0) is 7.87 Å². The molecule has 0 aromatic carbocycles. The molecular weight excluding hydrogens is 559 g/mol. The van der Waals surface area contributed by atoms with Gasteiger partial charge in [0.25, 0.3) is 0 Å². The van der Waals surface area contributed by atoms with Crippen LogP contribution in [0.25, 0.3) is 0 Å². The van der Waals surface area contributed by atoms with Crippen molar-refractivity contribution in [1.29, 1.82) is 0 Å². The van der Waals surface area contributed by atoms with E-state index in [0.29, 0.717) is 6.42 Å². The molecule has 0 saturated carbocycles. The number of hydrogen-bond donors (Lipinski definition) is 0. The zero-order valence-corrected chi connectivity index (χ0v) is 29.2. The summed E-state index contributed by atoms with van der Waals surface area (Å²) in [5.74, 6) is 0.187. The monoisotopic (exact) mass is 630 g/mol. The first-order chi connectivity index (χ1) is 18.1. The van der Waals surface area contributed by atoms with Crippen molar-refractivity contribution < 1.29 is 7.87 Å². The topological polar surface area (TPSA) is 26.3 Å². The molecule has 0 N–H and O–H groups in total. The number of carbonyl (C=O) groups excluding carboxylic acids is 1. The summed E-state index contributed by atoms with van der Waals surface area (Å²) in [6.45, 7) is 9.17. The molecule has 0 heterocycles. The molecule has 0 atom stereocenters. The van der Waals surface area contributed by atoms with Gasteiger partial charge in [-0.05, 0) is 0 Å². The van der Waals surface area contributed by atoms with Crippen LogP contribution in [0.4, 0.5) is 0 Å². The molecule has 0 aliphatic rings. The summed E-state index contributed by atoms with van der Waals surface area (Å²) in [6, 6.07) is 0. The van der Waals surface area contributed by atoms with E-state index in [1.54, 1.807) is 0 Å². The number of rotatable bonds is 30. The molecule has 0 spiro atoms. The predicted octanol–water partition coefficient (Wildman–Crippen LogP) is 12.7. The van der Waals surface area contributed by atoms with E-state index in [9.17, 15) is 4.79 Å². The Morgan fingerprint density at radius 1 is 0.405 bits per heavy atom. The Labute approximate surface area is 239 Å². The first kappa shape index (κ1) is 37.3. The molecule has 0 saturated heterocycles. The fourth-order valence-corrected chi connectivity index (χ4v) is 18.1. The number of unbranched alkanes of at least 4 members (excludes halogenated alkanes) is 21. The normalized spacial score (nSPS) is 11.8. The maximum atomic E-state index is 13.1. The van der Waals surface area contributed by atoms with Crippen LogP contribution in [0.15, 0.2) is 0 Å². The van der Waals surface area contributed by atoms with Crippen molar-refractivity contribution in [3.05, 3.63) is 0 Å². The number of carbonyl (C=O) groups is 1. The summed E-state index contributed by atoms with van der Waals surface area (Å²) in [5.41, 5.74) is 0. The molecule has 0 aliphatic carbocycles. The van der Waals surface area contributed by atoms with Gasteiger partial charge < -0.3 is 0 Å². The van der Waals surface area contributed by atoms with Crippen LogP contribution in [0.1, 0.15) is 195 Å². The van der Waals surface area contributed by atoms with E-state index in [1.165, 1.54) is 167 Å². The summed E-state index contributed by atoms with van der Waals surface area (Å²) in [6.07, 6.45) is 33.9. The molecule has 0 aromatic heterocycles. The molecule has 37 heavy (non-hydrogen) atoms. The van der Waals surface area contributed by atoms with Gasteiger partial charge in [-0.1, -0.05) is 0 Å². The van der Waals surface area contributed by atoms with E-state index in [0.717, 1.165) is 6.42 Å². The van der Waals surface area contributed by atoms with Crippen molar-refractivity contribution in [3.63, 3.8) is 0 Å². The summed E-state index contributed by atoms with van der Waals surface area (Å²) in [7, 11) is 0. The first-order valence-corrected chi connectivity index (χ1v) is 24.6. The van der Waals surface area contributed by atoms with E-state index in [2.05, 4.69) is 27.7 Å². The van der Waals surface area contributed by atoms with Gasteiger partial charge >= 0.3 is 241 Å². The van der Waals surface area contributed by atoms with Crippen molar-refractivity contribution in [2.24, 2.45) is 0 Å². The summed E-state index contributed by atoms with van der Waals surface area (Å²) >= 11 is -2.92. The summed E-state index contributed by atoms with van der Waals surface area (Å²) < 4.78 is 10.6. The van der Waals surface area contributed by atoms with Crippen LogP contribution < -0.4 is 0 Å². The molecule has 3 heteroatoms. The zero-order valence-electron chi connectivity index (χ0n) is 26.3. The van der Waals surface area contributed by atoms with E-state index in [-0.39, 0.29) is 5.97 Å². The van der Waals surface area contributed by atoms with Crippen LogP contribution in [0, 0.1) is 0 Å². The third-order valence-electron chi connectivity index (χ3n) is 8.27. The van der Waals surface area contributed by atoms with Gasteiger partial charge in [0.05, 0.1) is 0 Å². The molecule has 222 valence electrons. The van der Waals surface area contributed by atoms with Gasteiger partial charge in [0.2, 0.25) is 0 Å². The van der Waals surface area contributed by atoms with Gasteiger partial charge in [0.15, 0.2) is 0 Å². The van der Waals surface area contributed by atoms with Gasteiger partial charge in [-0.15, -0.1) is 0 Å². The molecule has 0 bridgehead atoms. The maximum absolute atomic E-state index is 13.1. The molecule has 0 rings (SSSR count). The van der Waals surface area contributed by atoms with E-state index < -0.39 is 18.8 Å². The molecular formula is C34H70O2Sn. The second kappa shape index (κ2) is 29.3. The van der Waals surface area contributed by atoms with Crippen molar-refractivity contribution in [3.8, 4) is 0 Å². The fraction of sp³-hybridized carbons (Fsp3) is 0.971. The molecule has 0 fully saturated rings. The Hall–Kier alpha value is 0.269. The van der Waals surface area contributed by atoms with Crippen LogP contribution in [0.3, 0.4) is 0 Å². The first-order valence-electron chi connectivity index (χ1n) is 17.4. The molecule has 0 aliphatic heterocycles. The Kier molecular flexibility index (Phi) is 29.5. The Bertz CT molecular complexity index is 424. The van der Waals surface area contributed by atoms with Gasteiger partial charge in [0.1, 0.15) is 0 Å². The minimum atomic E-state index is -2.92. The fourth-order valence-electron chi connectivity index (χ4n) is 5.73. The molecule has 0 amide bonds. The Morgan fingerprint density at radius 3 is 1.00 bits per heavy atom. The third kappa shape index (κ3) is 25.0. The van der Waals surface area contributed by atoms with E-state index >= 15 is 0 Å².